The summed E-state index contributed by atoms with van der Waals surface area (Å²) in [7, 11) is 0. The maximum atomic E-state index is 9.67. The van der Waals surface area contributed by atoms with Crippen LogP contribution in [-0.2, 0) is 6.54 Å². The second-order valence-corrected chi connectivity index (χ2v) is 6.61. The van der Waals surface area contributed by atoms with Crippen LogP contribution in [0.5, 0.6) is 5.75 Å². The number of nitrogens with zero attached hydrogens (tertiary/aromatic N) is 3. The van der Waals surface area contributed by atoms with Crippen molar-refractivity contribution in [3.8, 4) is 33.6 Å². The lowest BCUT2D eigenvalue weighted by atomic mass is 10.1. The largest absolute Gasteiger partial charge is 0.508 e. The molecule has 0 unspecified atom stereocenters. The van der Waals surface area contributed by atoms with Gasteiger partial charge in [0.05, 0.1) is 18.2 Å². The fraction of sp³-hybridized carbons (Fsp3) is 0.100. The van der Waals surface area contributed by atoms with E-state index in [0.717, 1.165) is 32.7 Å². The number of hydrogen-bond acceptors (Lipinski definition) is 4. The molecule has 0 bridgehead atoms. The van der Waals surface area contributed by atoms with Gasteiger partial charge in [-0.05, 0) is 18.2 Å². The van der Waals surface area contributed by atoms with E-state index in [1.54, 1.807) is 23.5 Å². The van der Waals surface area contributed by atoms with Gasteiger partial charge < -0.3 is 9.67 Å². The molecule has 0 spiro atoms. The number of fused-ring (bicyclic) bond motifs is 1. The van der Waals surface area contributed by atoms with E-state index in [4.69, 9.17) is 10.2 Å². The summed E-state index contributed by atoms with van der Waals surface area (Å²) >= 11 is 1.56. The molecular formula is C20H15N3OS. The van der Waals surface area contributed by atoms with Gasteiger partial charge in [0.1, 0.15) is 10.8 Å². The molecule has 0 atom stereocenters. The Labute approximate surface area is 149 Å². The van der Waals surface area contributed by atoms with E-state index in [9.17, 15) is 5.11 Å². The number of aromatic nitrogens is 2. The highest BCUT2D eigenvalue weighted by atomic mass is 32.1. The summed E-state index contributed by atoms with van der Waals surface area (Å²) in [5, 5.41) is 22.6. The second kappa shape index (κ2) is 6.42. The van der Waals surface area contributed by atoms with Crippen molar-refractivity contribution in [1.29, 1.82) is 5.26 Å². The lowest BCUT2D eigenvalue weighted by Crippen LogP contribution is -1.94. The van der Waals surface area contributed by atoms with Gasteiger partial charge in [0.15, 0.2) is 0 Å². The first-order valence-electron chi connectivity index (χ1n) is 7.96. The Morgan fingerprint density at radius 2 is 2.04 bits per heavy atom. The molecule has 0 aliphatic heterocycles. The van der Waals surface area contributed by atoms with Crippen LogP contribution in [0, 0.1) is 11.3 Å². The number of para-hydroxylation sites is 1. The van der Waals surface area contributed by atoms with E-state index in [-0.39, 0.29) is 5.75 Å². The number of thiazole rings is 1. The third kappa shape index (κ3) is 2.88. The zero-order valence-electron chi connectivity index (χ0n) is 13.4. The van der Waals surface area contributed by atoms with E-state index in [2.05, 4.69) is 29.0 Å². The van der Waals surface area contributed by atoms with E-state index in [1.165, 1.54) is 0 Å². The van der Waals surface area contributed by atoms with Crippen molar-refractivity contribution in [2.45, 2.75) is 13.0 Å². The van der Waals surface area contributed by atoms with Crippen LogP contribution in [0.15, 0.2) is 60.1 Å². The maximum Gasteiger partial charge on any atom is 0.124 e. The minimum Gasteiger partial charge on any atom is -0.508 e. The standard InChI is InChI=1S/C20H15N3OS/c21-9-4-10-23-12-17(16-7-1-2-8-19(16)23)18-13-25-20(22-18)14-5-3-6-15(24)11-14/h1-3,5-8,11-13,24H,4,10H2. The molecule has 0 radical (unpaired) electrons. The van der Waals surface area contributed by atoms with Crippen molar-refractivity contribution in [2.24, 2.45) is 0 Å². The quantitative estimate of drug-likeness (QED) is 0.563. The van der Waals surface area contributed by atoms with Crippen molar-refractivity contribution >= 4 is 22.2 Å². The molecule has 5 heteroatoms. The Morgan fingerprint density at radius 1 is 1.16 bits per heavy atom. The average molecular weight is 345 g/mol. The van der Waals surface area contributed by atoms with Gasteiger partial charge in [-0.3, -0.25) is 0 Å². The molecule has 4 rings (SSSR count). The number of phenols is 1. The Kier molecular flexibility index (Phi) is 3.96. The monoisotopic (exact) mass is 345 g/mol. The summed E-state index contributed by atoms with van der Waals surface area (Å²) in [6.07, 6.45) is 2.55. The predicted molar refractivity (Wildman–Crippen MR) is 100 cm³/mol. The van der Waals surface area contributed by atoms with Gasteiger partial charge in [0, 0.05) is 40.2 Å². The summed E-state index contributed by atoms with van der Waals surface area (Å²) in [5.74, 6) is 0.238. The maximum absolute atomic E-state index is 9.67. The second-order valence-electron chi connectivity index (χ2n) is 5.75. The van der Waals surface area contributed by atoms with Crippen LogP contribution in [0.2, 0.25) is 0 Å². The first kappa shape index (κ1) is 15.4. The normalized spacial score (nSPS) is 10.8. The van der Waals surface area contributed by atoms with Crippen molar-refractivity contribution in [3.63, 3.8) is 0 Å². The highest BCUT2D eigenvalue weighted by Gasteiger charge is 2.13. The zero-order chi connectivity index (χ0) is 17.2. The van der Waals surface area contributed by atoms with Gasteiger partial charge in [0.2, 0.25) is 0 Å². The van der Waals surface area contributed by atoms with Crippen molar-refractivity contribution in [2.75, 3.05) is 0 Å². The molecule has 0 saturated carbocycles. The van der Waals surface area contributed by atoms with E-state index < -0.39 is 0 Å². The molecule has 122 valence electrons. The number of hydrogen-bond donors (Lipinski definition) is 1. The van der Waals surface area contributed by atoms with Crippen molar-refractivity contribution in [1.82, 2.24) is 9.55 Å². The van der Waals surface area contributed by atoms with Gasteiger partial charge in [-0.2, -0.15) is 5.26 Å². The summed E-state index contributed by atoms with van der Waals surface area (Å²) in [5.41, 5.74) is 4.00. The molecule has 1 N–H and O–H groups in total. The lowest BCUT2D eigenvalue weighted by Gasteiger charge is -2.00. The van der Waals surface area contributed by atoms with Gasteiger partial charge in [-0.1, -0.05) is 30.3 Å². The highest BCUT2D eigenvalue weighted by molar-refractivity contribution is 7.13. The first-order chi connectivity index (χ1) is 12.3. The van der Waals surface area contributed by atoms with Crippen molar-refractivity contribution < 1.29 is 5.11 Å². The molecule has 25 heavy (non-hydrogen) atoms. The van der Waals surface area contributed by atoms with E-state index in [1.807, 2.05) is 29.6 Å². The highest BCUT2D eigenvalue weighted by Crippen LogP contribution is 2.34. The molecule has 0 aliphatic carbocycles. The Morgan fingerprint density at radius 3 is 2.88 bits per heavy atom. The van der Waals surface area contributed by atoms with Crippen LogP contribution in [-0.4, -0.2) is 14.7 Å². The molecule has 0 amide bonds. The van der Waals surface area contributed by atoms with Gasteiger partial charge >= 0.3 is 0 Å². The van der Waals surface area contributed by atoms with Gasteiger partial charge in [0.25, 0.3) is 0 Å². The van der Waals surface area contributed by atoms with Crippen LogP contribution < -0.4 is 0 Å². The first-order valence-corrected chi connectivity index (χ1v) is 8.84. The Hall–Kier alpha value is -3.10. The summed E-state index contributed by atoms with van der Waals surface area (Å²) < 4.78 is 2.11. The summed E-state index contributed by atoms with van der Waals surface area (Å²) in [6.45, 7) is 0.667. The SMILES string of the molecule is N#CCCn1cc(-c2csc(-c3cccc(O)c3)n2)c2ccccc21. The van der Waals surface area contributed by atoms with Gasteiger partial charge in [-0.25, -0.2) is 4.98 Å². The van der Waals surface area contributed by atoms with Crippen LogP contribution in [0.3, 0.4) is 0 Å². The van der Waals surface area contributed by atoms with Crippen LogP contribution in [0.1, 0.15) is 6.42 Å². The molecule has 0 saturated heterocycles. The van der Waals surface area contributed by atoms with E-state index >= 15 is 0 Å². The summed E-state index contributed by atoms with van der Waals surface area (Å²) in [6, 6.07) is 17.5. The molecule has 2 aromatic heterocycles. The molecule has 2 heterocycles. The number of aromatic hydroxyl groups is 1. The predicted octanol–water partition coefficient (Wildman–Crippen LogP) is 5.05. The lowest BCUT2D eigenvalue weighted by molar-refractivity contribution is 0.475. The number of aryl methyl sites for hydroxylation is 1. The molecule has 4 nitrogen and oxygen atoms in total. The number of phenolic OH excluding ortho intramolecular Hbond substituents is 1. The molecule has 2 aromatic carbocycles. The fourth-order valence-corrected chi connectivity index (χ4v) is 3.79. The van der Waals surface area contributed by atoms with Gasteiger partial charge in [-0.15, -0.1) is 11.3 Å². The molecule has 0 fully saturated rings. The zero-order valence-corrected chi connectivity index (χ0v) is 14.2. The van der Waals surface area contributed by atoms with Crippen LogP contribution in [0.4, 0.5) is 0 Å². The van der Waals surface area contributed by atoms with E-state index in [0.29, 0.717) is 13.0 Å². The molecule has 4 aromatic rings. The van der Waals surface area contributed by atoms with Crippen molar-refractivity contribution in [3.05, 3.63) is 60.1 Å². The fourth-order valence-electron chi connectivity index (χ4n) is 2.98. The number of nitriles is 1. The smallest absolute Gasteiger partial charge is 0.124 e. The third-order valence-corrected chi connectivity index (χ3v) is 5.02. The molecular weight excluding hydrogens is 330 g/mol. The molecule has 0 aliphatic rings. The average Bonchev–Trinajstić information content (AvgIpc) is 3.25. The number of rotatable bonds is 4. The Bertz CT molecular complexity index is 1090. The Balaban J connectivity index is 1.79. The third-order valence-electron chi connectivity index (χ3n) is 4.13. The minimum atomic E-state index is 0.238. The number of benzene rings is 2. The summed E-state index contributed by atoms with van der Waals surface area (Å²) in [4.78, 5) is 4.76. The van der Waals surface area contributed by atoms with Crippen LogP contribution in [0.25, 0.3) is 32.7 Å². The minimum absolute atomic E-state index is 0.238. The topological polar surface area (TPSA) is 61.8 Å². The van der Waals surface area contributed by atoms with Crippen LogP contribution >= 0.6 is 11.3 Å².